The molecule has 5 heteroatoms. The lowest BCUT2D eigenvalue weighted by Crippen LogP contribution is -2.29. The molecule has 0 saturated carbocycles. The summed E-state index contributed by atoms with van der Waals surface area (Å²) in [5.74, 6) is 1.18. The number of amides is 1. The summed E-state index contributed by atoms with van der Waals surface area (Å²) in [5, 5.41) is 1.07. The Morgan fingerprint density at radius 2 is 2.32 bits per heavy atom. The number of hydrogen-bond acceptors (Lipinski definition) is 4. The van der Waals surface area contributed by atoms with E-state index in [2.05, 4.69) is 18.8 Å². The zero-order valence-electron chi connectivity index (χ0n) is 12.0. The van der Waals surface area contributed by atoms with Crippen LogP contribution in [0.1, 0.15) is 40.6 Å². The molecule has 1 fully saturated rings. The first-order valence-corrected chi connectivity index (χ1v) is 7.78. The number of nitrogens with two attached hydrogens (primary N) is 1. The Labute approximate surface area is 119 Å². The normalized spacial score (nSPS) is 19.4. The van der Waals surface area contributed by atoms with Crippen molar-refractivity contribution in [3.8, 4) is 0 Å². The van der Waals surface area contributed by atoms with E-state index < -0.39 is 0 Å². The number of hydrogen-bond donors (Lipinski definition) is 1. The van der Waals surface area contributed by atoms with Crippen molar-refractivity contribution in [2.75, 3.05) is 19.6 Å². The number of aryl methyl sites for hydroxylation is 1. The Kier molecular flexibility index (Phi) is 4.58. The molecule has 1 aromatic heterocycles. The molecular formula is C14H23N3OS. The van der Waals surface area contributed by atoms with E-state index in [-0.39, 0.29) is 5.91 Å². The molecule has 1 aliphatic heterocycles. The molecule has 4 nitrogen and oxygen atoms in total. The van der Waals surface area contributed by atoms with E-state index in [1.54, 1.807) is 11.3 Å². The lowest BCUT2D eigenvalue weighted by Gasteiger charge is -2.15. The summed E-state index contributed by atoms with van der Waals surface area (Å²) in [6.45, 7) is 8.58. The molecule has 2 heterocycles. The van der Waals surface area contributed by atoms with Crippen molar-refractivity contribution in [1.29, 1.82) is 0 Å². The summed E-state index contributed by atoms with van der Waals surface area (Å²) >= 11 is 1.56. The van der Waals surface area contributed by atoms with Crippen molar-refractivity contribution in [3.63, 3.8) is 0 Å². The van der Waals surface area contributed by atoms with Crippen molar-refractivity contribution in [1.82, 2.24) is 9.88 Å². The van der Waals surface area contributed by atoms with Gasteiger partial charge in [-0.25, -0.2) is 4.98 Å². The topological polar surface area (TPSA) is 59.2 Å². The van der Waals surface area contributed by atoms with Crippen LogP contribution in [0.15, 0.2) is 0 Å². The molecule has 2 N–H and O–H groups in total. The zero-order valence-corrected chi connectivity index (χ0v) is 12.8. The number of carbonyl (C=O) groups is 1. The first kappa shape index (κ1) is 14.5. The molecule has 1 atom stereocenters. The molecule has 106 valence electrons. The number of likely N-dealkylation sites (tertiary alicyclic amines) is 1. The van der Waals surface area contributed by atoms with Gasteiger partial charge in [-0.15, -0.1) is 11.3 Å². The van der Waals surface area contributed by atoms with E-state index in [1.165, 1.54) is 0 Å². The van der Waals surface area contributed by atoms with Crippen molar-refractivity contribution in [2.24, 2.45) is 17.6 Å². The monoisotopic (exact) mass is 281 g/mol. The minimum atomic E-state index is 0.140. The molecule has 0 unspecified atom stereocenters. The van der Waals surface area contributed by atoms with Crippen molar-refractivity contribution in [2.45, 2.75) is 33.6 Å². The first-order chi connectivity index (χ1) is 9.01. The molecule has 1 saturated heterocycles. The molecule has 2 rings (SSSR count). The number of rotatable bonds is 4. The molecule has 0 spiro atoms. The van der Waals surface area contributed by atoms with Gasteiger partial charge < -0.3 is 10.6 Å². The standard InChI is InChI=1S/C14H23N3OS/c1-9(2)6-12-16-10(3)13(19-12)14(18)17-5-4-11(7-15)8-17/h9,11H,4-8,15H2,1-3H3/t11-/m1/s1. The molecule has 0 aromatic carbocycles. The fourth-order valence-corrected chi connectivity index (χ4v) is 3.69. The van der Waals surface area contributed by atoms with Crippen LogP contribution < -0.4 is 5.73 Å². The van der Waals surface area contributed by atoms with E-state index in [0.29, 0.717) is 18.4 Å². The average Bonchev–Trinajstić information content (AvgIpc) is 2.94. The SMILES string of the molecule is Cc1nc(CC(C)C)sc1C(=O)N1CC[C@H](CN)C1. The van der Waals surface area contributed by atoms with Crippen LogP contribution in [0.2, 0.25) is 0 Å². The zero-order chi connectivity index (χ0) is 14.0. The molecule has 1 aliphatic rings. The third-order valence-electron chi connectivity index (χ3n) is 3.52. The van der Waals surface area contributed by atoms with Gasteiger partial charge in [-0.2, -0.15) is 0 Å². The second-order valence-corrected chi connectivity index (χ2v) is 6.85. The van der Waals surface area contributed by atoms with Crippen LogP contribution in [0.5, 0.6) is 0 Å². The van der Waals surface area contributed by atoms with Gasteiger partial charge in [-0.1, -0.05) is 13.8 Å². The molecule has 0 aliphatic carbocycles. The Balaban J connectivity index is 2.09. The maximum atomic E-state index is 12.5. The van der Waals surface area contributed by atoms with Crippen LogP contribution in [-0.2, 0) is 6.42 Å². The molecule has 1 aromatic rings. The summed E-state index contributed by atoms with van der Waals surface area (Å²) in [6, 6.07) is 0. The summed E-state index contributed by atoms with van der Waals surface area (Å²) in [7, 11) is 0. The van der Waals surface area contributed by atoms with Gasteiger partial charge >= 0.3 is 0 Å². The Bertz CT molecular complexity index is 456. The lowest BCUT2D eigenvalue weighted by molar-refractivity contribution is 0.0791. The van der Waals surface area contributed by atoms with Gasteiger partial charge in [-0.3, -0.25) is 4.79 Å². The van der Waals surface area contributed by atoms with Crippen LogP contribution in [-0.4, -0.2) is 35.4 Å². The average molecular weight is 281 g/mol. The second-order valence-electron chi connectivity index (χ2n) is 5.76. The van der Waals surface area contributed by atoms with Gasteiger partial charge in [0.2, 0.25) is 0 Å². The van der Waals surface area contributed by atoms with Gasteiger partial charge in [0.15, 0.2) is 0 Å². The van der Waals surface area contributed by atoms with Crippen LogP contribution in [0.25, 0.3) is 0 Å². The van der Waals surface area contributed by atoms with Crippen LogP contribution in [0, 0.1) is 18.8 Å². The third-order valence-corrected chi connectivity index (χ3v) is 4.69. The Hall–Kier alpha value is -0.940. The highest BCUT2D eigenvalue weighted by Gasteiger charge is 2.28. The fourth-order valence-electron chi connectivity index (χ4n) is 2.44. The van der Waals surface area contributed by atoms with Gasteiger partial charge in [0.05, 0.1) is 10.7 Å². The summed E-state index contributed by atoms with van der Waals surface area (Å²) in [4.78, 5) is 19.8. The molecule has 0 radical (unpaired) electrons. The minimum Gasteiger partial charge on any atom is -0.338 e. The maximum absolute atomic E-state index is 12.5. The number of carbonyl (C=O) groups excluding carboxylic acids is 1. The first-order valence-electron chi connectivity index (χ1n) is 6.97. The Morgan fingerprint density at radius 3 is 2.89 bits per heavy atom. The predicted octanol–water partition coefficient (Wildman–Crippen LogP) is 2.07. The summed E-state index contributed by atoms with van der Waals surface area (Å²) < 4.78 is 0. The number of nitrogens with zero attached hydrogens (tertiary/aromatic N) is 2. The van der Waals surface area contributed by atoms with E-state index >= 15 is 0 Å². The van der Waals surface area contributed by atoms with E-state index in [4.69, 9.17) is 5.73 Å². The van der Waals surface area contributed by atoms with Crippen LogP contribution in [0.4, 0.5) is 0 Å². The van der Waals surface area contributed by atoms with Crippen molar-refractivity contribution in [3.05, 3.63) is 15.6 Å². The van der Waals surface area contributed by atoms with Crippen LogP contribution in [0.3, 0.4) is 0 Å². The molecule has 1 amide bonds. The third kappa shape index (κ3) is 3.34. The second kappa shape index (κ2) is 6.01. The Morgan fingerprint density at radius 1 is 1.58 bits per heavy atom. The van der Waals surface area contributed by atoms with E-state index in [9.17, 15) is 4.79 Å². The summed E-state index contributed by atoms with van der Waals surface area (Å²) in [5.41, 5.74) is 6.55. The fraction of sp³-hybridized carbons (Fsp3) is 0.714. The largest absolute Gasteiger partial charge is 0.338 e. The van der Waals surface area contributed by atoms with E-state index in [0.717, 1.165) is 41.5 Å². The van der Waals surface area contributed by atoms with Crippen LogP contribution >= 0.6 is 11.3 Å². The van der Waals surface area contributed by atoms with Gasteiger partial charge in [-0.05, 0) is 31.7 Å². The van der Waals surface area contributed by atoms with Gasteiger partial charge in [0, 0.05) is 19.5 Å². The highest BCUT2D eigenvalue weighted by atomic mass is 32.1. The predicted molar refractivity (Wildman–Crippen MR) is 78.5 cm³/mol. The number of thiazole rings is 1. The van der Waals surface area contributed by atoms with Crippen molar-refractivity contribution >= 4 is 17.2 Å². The smallest absolute Gasteiger partial charge is 0.265 e. The lowest BCUT2D eigenvalue weighted by atomic mass is 10.1. The molecular weight excluding hydrogens is 258 g/mol. The van der Waals surface area contributed by atoms with Gasteiger partial charge in [0.25, 0.3) is 5.91 Å². The minimum absolute atomic E-state index is 0.140. The molecule has 0 bridgehead atoms. The highest BCUT2D eigenvalue weighted by Crippen LogP contribution is 2.25. The quantitative estimate of drug-likeness (QED) is 0.919. The highest BCUT2D eigenvalue weighted by molar-refractivity contribution is 7.13. The number of aromatic nitrogens is 1. The molecule has 19 heavy (non-hydrogen) atoms. The van der Waals surface area contributed by atoms with E-state index in [1.807, 2.05) is 11.8 Å². The summed E-state index contributed by atoms with van der Waals surface area (Å²) in [6.07, 6.45) is 1.98. The maximum Gasteiger partial charge on any atom is 0.265 e. The van der Waals surface area contributed by atoms with Crippen molar-refractivity contribution < 1.29 is 4.79 Å². The van der Waals surface area contributed by atoms with Gasteiger partial charge in [0.1, 0.15) is 4.88 Å².